The summed E-state index contributed by atoms with van der Waals surface area (Å²) in [7, 11) is 0. The fourth-order valence-corrected chi connectivity index (χ4v) is 2.17. The molecule has 2 rings (SSSR count). The van der Waals surface area contributed by atoms with Gasteiger partial charge in [-0.25, -0.2) is 4.79 Å². The molecule has 0 atom stereocenters. The van der Waals surface area contributed by atoms with Crippen LogP contribution in [0.5, 0.6) is 0 Å². The summed E-state index contributed by atoms with van der Waals surface area (Å²) < 4.78 is 4.88. The molecule has 0 saturated heterocycles. The zero-order chi connectivity index (χ0) is 16.5. The maximum atomic E-state index is 12.1. The number of carbonyl (C=O) groups is 2. The number of allylic oxidation sites excluding steroid dienone is 1. The lowest BCUT2D eigenvalue weighted by Crippen LogP contribution is -2.32. The van der Waals surface area contributed by atoms with Crippen LogP contribution < -0.4 is 5.32 Å². The van der Waals surface area contributed by atoms with Crippen molar-refractivity contribution in [3.8, 4) is 0 Å². The quantitative estimate of drug-likeness (QED) is 0.659. The van der Waals surface area contributed by atoms with E-state index in [4.69, 9.17) is 4.74 Å². The lowest BCUT2D eigenvalue weighted by molar-refractivity contribution is -0.144. The first kappa shape index (κ1) is 16.5. The number of esters is 1. The maximum absolute atomic E-state index is 12.1. The van der Waals surface area contributed by atoms with Gasteiger partial charge in [-0.3, -0.25) is 4.79 Å². The number of hydrogen-bond acceptors (Lipinski definition) is 3. The molecule has 0 heterocycles. The van der Waals surface area contributed by atoms with Gasteiger partial charge >= 0.3 is 5.97 Å². The van der Waals surface area contributed by atoms with Gasteiger partial charge in [0.15, 0.2) is 6.61 Å². The van der Waals surface area contributed by atoms with Crippen LogP contribution in [0.1, 0.15) is 24.1 Å². The summed E-state index contributed by atoms with van der Waals surface area (Å²) in [6.45, 7) is 1.40. The number of carbonyl (C=O) groups excluding carboxylic acids is 2. The highest BCUT2D eigenvalue weighted by Crippen LogP contribution is 2.21. The second kappa shape index (κ2) is 8.54. The topological polar surface area (TPSA) is 55.4 Å². The Morgan fingerprint density at radius 1 is 1.00 bits per heavy atom. The van der Waals surface area contributed by atoms with Crippen molar-refractivity contribution in [2.45, 2.75) is 13.0 Å². The highest BCUT2D eigenvalue weighted by Gasteiger charge is 2.17. The van der Waals surface area contributed by atoms with Gasteiger partial charge in [-0.1, -0.05) is 66.7 Å². The van der Waals surface area contributed by atoms with E-state index in [1.165, 1.54) is 6.08 Å². The van der Waals surface area contributed by atoms with Crippen molar-refractivity contribution in [3.05, 3.63) is 83.9 Å². The number of rotatable bonds is 6. The van der Waals surface area contributed by atoms with Crippen LogP contribution in [0.4, 0.5) is 0 Å². The highest BCUT2D eigenvalue weighted by molar-refractivity contribution is 5.85. The molecule has 4 heteroatoms. The third-order valence-electron chi connectivity index (χ3n) is 3.22. The van der Waals surface area contributed by atoms with E-state index in [9.17, 15) is 9.59 Å². The second-order valence-corrected chi connectivity index (χ2v) is 4.93. The minimum atomic E-state index is -0.529. The summed E-state index contributed by atoms with van der Waals surface area (Å²) in [6.07, 6.45) is 2.84. The molecule has 0 aliphatic heterocycles. The fraction of sp³-hybridized carbons (Fsp3) is 0.158. The van der Waals surface area contributed by atoms with Crippen LogP contribution in [0.15, 0.2) is 72.8 Å². The van der Waals surface area contributed by atoms with Gasteiger partial charge < -0.3 is 10.1 Å². The summed E-state index contributed by atoms with van der Waals surface area (Å²) in [5, 5.41) is 2.91. The van der Waals surface area contributed by atoms with Crippen LogP contribution in [0.3, 0.4) is 0 Å². The molecule has 0 bridgehead atoms. The number of ether oxygens (including phenoxy) is 1. The van der Waals surface area contributed by atoms with Crippen molar-refractivity contribution in [1.82, 2.24) is 5.32 Å². The normalized spacial score (nSPS) is 10.7. The van der Waals surface area contributed by atoms with E-state index in [0.29, 0.717) is 0 Å². The van der Waals surface area contributed by atoms with Crippen molar-refractivity contribution in [3.63, 3.8) is 0 Å². The minimum Gasteiger partial charge on any atom is -0.452 e. The first-order valence-corrected chi connectivity index (χ1v) is 7.39. The molecule has 0 aliphatic carbocycles. The van der Waals surface area contributed by atoms with Gasteiger partial charge in [0, 0.05) is 6.08 Å². The number of amides is 1. The van der Waals surface area contributed by atoms with Gasteiger partial charge in [-0.05, 0) is 18.1 Å². The standard InChI is InChI=1S/C19H19NO3/c1-2-9-18(22)23-14-17(21)20-19(15-10-5-3-6-11-15)16-12-7-4-8-13-16/h2-13,19H,14H2,1H3,(H,20,21)/b9-2+. The van der Waals surface area contributed by atoms with E-state index in [-0.39, 0.29) is 18.6 Å². The maximum Gasteiger partial charge on any atom is 0.330 e. The van der Waals surface area contributed by atoms with Crippen LogP contribution in [-0.4, -0.2) is 18.5 Å². The van der Waals surface area contributed by atoms with Crippen molar-refractivity contribution in [2.75, 3.05) is 6.61 Å². The zero-order valence-corrected chi connectivity index (χ0v) is 12.9. The Balaban J connectivity index is 2.10. The first-order chi connectivity index (χ1) is 11.2. The van der Waals surface area contributed by atoms with Crippen molar-refractivity contribution in [1.29, 1.82) is 0 Å². The molecule has 2 aromatic carbocycles. The summed E-state index contributed by atoms with van der Waals surface area (Å²) in [5.41, 5.74) is 1.93. The lowest BCUT2D eigenvalue weighted by Gasteiger charge is -2.19. The Bertz CT molecular complexity index is 626. The van der Waals surface area contributed by atoms with E-state index in [0.717, 1.165) is 11.1 Å². The van der Waals surface area contributed by atoms with Crippen molar-refractivity contribution >= 4 is 11.9 Å². The Kier molecular flexibility index (Phi) is 6.12. The second-order valence-electron chi connectivity index (χ2n) is 4.93. The highest BCUT2D eigenvalue weighted by atomic mass is 16.5. The average molecular weight is 309 g/mol. The molecule has 0 saturated carbocycles. The molecule has 23 heavy (non-hydrogen) atoms. The van der Waals surface area contributed by atoms with Gasteiger partial charge in [0.05, 0.1) is 6.04 Å². The largest absolute Gasteiger partial charge is 0.452 e. The van der Waals surface area contributed by atoms with E-state index in [2.05, 4.69) is 5.32 Å². The molecule has 2 aromatic rings. The molecule has 0 unspecified atom stereocenters. The summed E-state index contributed by atoms with van der Waals surface area (Å²) in [4.78, 5) is 23.4. The fourth-order valence-electron chi connectivity index (χ4n) is 2.17. The third-order valence-corrected chi connectivity index (χ3v) is 3.22. The number of benzene rings is 2. The van der Waals surface area contributed by atoms with E-state index in [1.807, 2.05) is 60.7 Å². The van der Waals surface area contributed by atoms with Gasteiger partial charge in [0.1, 0.15) is 0 Å². The van der Waals surface area contributed by atoms with Crippen LogP contribution in [0, 0.1) is 0 Å². The molecule has 118 valence electrons. The average Bonchev–Trinajstić information content (AvgIpc) is 2.60. The monoisotopic (exact) mass is 309 g/mol. The summed E-state index contributed by atoms with van der Waals surface area (Å²) in [6, 6.07) is 19.0. The van der Waals surface area contributed by atoms with Crippen LogP contribution in [0.25, 0.3) is 0 Å². The van der Waals surface area contributed by atoms with Gasteiger partial charge in [0.25, 0.3) is 5.91 Å². The molecular weight excluding hydrogens is 290 g/mol. The molecule has 0 aliphatic rings. The van der Waals surface area contributed by atoms with Crippen LogP contribution >= 0.6 is 0 Å². The Morgan fingerprint density at radius 3 is 2.00 bits per heavy atom. The van der Waals surface area contributed by atoms with Gasteiger partial charge in [-0.2, -0.15) is 0 Å². The summed E-state index contributed by atoms with van der Waals surface area (Å²) in [5.74, 6) is -0.876. The molecule has 1 amide bonds. The zero-order valence-electron chi connectivity index (χ0n) is 12.9. The molecule has 1 N–H and O–H groups in total. The molecule has 0 aromatic heterocycles. The minimum absolute atomic E-state index is 0.287. The SMILES string of the molecule is C/C=C/C(=O)OCC(=O)NC(c1ccccc1)c1ccccc1. The lowest BCUT2D eigenvalue weighted by atomic mass is 9.99. The number of hydrogen-bond donors (Lipinski definition) is 1. The van der Waals surface area contributed by atoms with E-state index in [1.54, 1.807) is 13.0 Å². The molecule has 0 fully saturated rings. The van der Waals surface area contributed by atoms with Crippen molar-refractivity contribution < 1.29 is 14.3 Å². The van der Waals surface area contributed by atoms with Crippen LogP contribution in [-0.2, 0) is 14.3 Å². The van der Waals surface area contributed by atoms with E-state index < -0.39 is 5.97 Å². The Morgan fingerprint density at radius 2 is 1.52 bits per heavy atom. The smallest absolute Gasteiger partial charge is 0.330 e. The van der Waals surface area contributed by atoms with E-state index >= 15 is 0 Å². The molecule has 0 spiro atoms. The molecule has 0 radical (unpaired) electrons. The van der Waals surface area contributed by atoms with Gasteiger partial charge in [0.2, 0.25) is 0 Å². The predicted molar refractivity (Wildman–Crippen MR) is 88.6 cm³/mol. The predicted octanol–water partition coefficient (Wildman–Crippen LogP) is 3.01. The Labute approximate surface area is 135 Å². The summed E-state index contributed by atoms with van der Waals surface area (Å²) >= 11 is 0. The van der Waals surface area contributed by atoms with Crippen LogP contribution in [0.2, 0.25) is 0 Å². The number of nitrogens with one attached hydrogen (secondary N) is 1. The molecule has 4 nitrogen and oxygen atoms in total. The first-order valence-electron chi connectivity index (χ1n) is 7.39. The third kappa shape index (κ3) is 5.11. The van der Waals surface area contributed by atoms with Crippen molar-refractivity contribution in [2.24, 2.45) is 0 Å². The van der Waals surface area contributed by atoms with Gasteiger partial charge in [-0.15, -0.1) is 0 Å². The Hall–Kier alpha value is -2.88. The molecular formula is C19H19NO3.